The molecule has 2 atom stereocenters. The Bertz CT molecular complexity index is 189. The van der Waals surface area contributed by atoms with Crippen molar-refractivity contribution in [1.29, 1.82) is 0 Å². The fourth-order valence-corrected chi connectivity index (χ4v) is 1.98. The van der Waals surface area contributed by atoms with Gasteiger partial charge in [0.05, 0.1) is 0 Å². The third-order valence-corrected chi connectivity index (χ3v) is 3.15. The Labute approximate surface area is 81.3 Å². The summed E-state index contributed by atoms with van der Waals surface area (Å²) in [4.78, 5) is 13.8. The van der Waals surface area contributed by atoms with Crippen LogP contribution in [0.5, 0.6) is 0 Å². The first kappa shape index (κ1) is 10.6. The van der Waals surface area contributed by atoms with E-state index in [-0.39, 0.29) is 5.92 Å². The zero-order valence-electron chi connectivity index (χ0n) is 9.21. The van der Waals surface area contributed by atoms with E-state index in [4.69, 9.17) is 0 Å². The first-order valence-electron chi connectivity index (χ1n) is 5.34. The number of carbonyl (C=O) groups excluding carboxylic acids is 1. The molecule has 0 aromatic heterocycles. The predicted octanol–water partition coefficient (Wildman–Crippen LogP) is 2.29. The van der Waals surface area contributed by atoms with Crippen molar-refractivity contribution in [3.05, 3.63) is 0 Å². The number of piperidine rings is 1. The lowest BCUT2D eigenvalue weighted by molar-refractivity contribution is -0.139. The molecule has 1 rings (SSSR count). The van der Waals surface area contributed by atoms with Gasteiger partial charge in [0.2, 0.25) is 5.91 Å². The van der Waals surface area contributed by atoms with Crippen molar-refractivity contribution in [2.45, 2.75) is 46.6 Å². The third-order valence-electron chi connectivity index (χ3n) is 3.15. The molecule has 1 aliphatic heterocycles. The molecule has 1 heterocycles. The molecule has 0 aromatic rings. The molecular weight excluding hydrogens is 162 g/mol. The zero-order chi connectivity index (χ0) is 10.0. The maximum atomic E-state index is 11.8. The first-order chi connectivity index (χ1) is 6.04. The standard InChI is InChI=1S/C11H21NO/c1-8(2)11(13)12-7-5-6-9(3)10(12)4/h8-10H,5-7H2,1-4H3. The van der Waals surface area contributed by atoms with Crippen LogP contribution in [0.4, 0.5) is 0 Å². The smallest absolute Gasteiger partial charge is 0.225 e. The van der Waals surface area contributed by atoms with Gasteiger partial charge in [0, 0.05) is 18.5 Å². The second kappa shape index (κ2) is 4.12. The second-order valence-electron chi connectivity index (χ2n) is 4.55. The van der Waals surface area contributed by atoms with Gasteiger partial charge in [-0.2, -0.15) is 0 Å². The van der Waals surface area contributed by atoms with Crippen molar-refractivity contribution >= 4 is 5.91 Å². The molecule has 0 aliphatic carbocycles. The lowest BCUT2D eigenvalue weighted by Gasteiger charge is -2.38. The quantitative estimate of drug-likeness (QED) is 0.611. The van der Waals surface area contributed by atoms with E-state index in [0.717, 1.165) is 6.54 Å². The SMILES string of the molecule is CC(C)C(=O)N1CCCC(C)C1C. The Balaban J connectivity index is 2.62. The van der Waals surface area contributed by atoms with Crippen LogP contribution in [0.1, 0.15) is 40.5 Å². The molecule has 1 aliphatic rings. The fourth-order valence-electron chi connectivity index (χ4n) is 1.98. The van der Waals surface area contributed by atoms with Crippen molar-refractivity contribution in [2.24, 2.45) is 11.8 Å². The maximum absolute atomic E-state index is 11.8. The van der Waals surface area contributed by atoms with E-state index in [1.807, 2.05) is 13.8 Å². The monoisotopic (exact) mass is 183 g/mol. The predicted molar refractivity (Wildman–Crippen MR) is 54.4 cm³/mol. The van der Waals surface area contributed by atoms with E-state index in [0.29, 0.717) is 17.9 Å². The minimum Gasteiger partial charge on any atom is -0.340 e. The molecule has 13 heavy (non-hydrogen) atoms. The first-order valence-corrected chi connectivity index (χ1v) is 5.34. The molecule has 2 heteroatoms. The van der Waals surface area contributed by atoms with Crippen molar-refractivity contribution < 1.29 is 4.79 Å². The van der Waals surface area contributed by atoms with Crippen LogP contribution in [0.2, 0.25) is 0 Å². The van der Waals surface area contributed by atoms with Gasteiger partial charge < -0.3 is 4.90 Å². The van der Waals surface area contributed by atoms with Crippen LogP contribution in [0.15, 0.2) is 0 Å². The summed E-state index contributed by atoms with van der Waals surface area (Å²) in [6.45, 7) is 9.33. The van der Waals surface area contributed by atoms with Crippen LogP contribution in [0.25, 0.3) is 0 Å². The Morgan fingerprint density at radius 1 is 1.38 bits per heavy atom. The molecule has 1 amide bonds. The summed E-state index contributed by atoms with van der Waals surface area (Å²) in [6, 6.07) is 0.434. The molecule has 0 bridgehead atoms. The summed E-state index contributed by atoms with van der Waals surface area (Å²) in [6.07, 6.45) is 2.44. The van der Waals surface area contributed by atoms with E-state index in [1.54, 1.807) is 0 Å². The summed E-state index contributed by atoms with van der Waals surface area (Å²) >= 11 is 0. The number of rotatable bonds is 1. The molecule has 1 fully saturated rings. The van der Waals surface area contributed by atoms with Gasteiger partial charge in [-0.25, -0.2) is 0 Å². The van der Waals surface area contributed by atoms with E-state index in [9.17, 15) is 4.79 Å². The Hall–Kier alpha value is -0.530. The van der Waals surface area contributed by atoms with Crippen molar-refractivity contribution in [3.63, 3.8) is 0 Å². The normalized spacial score (nSPS) is 29.5. The zero-order valence-corrected chi connectivity index (χ0v) is 9.21. The summed E-state index contributed by atoms with van der Waals surface area (Å²) in [5.74, 6) is 1.13. The van der Waals surface area contributed by atoms with Gasteiger partial charge in [-0.05, 0) is 25.7 Å². The van der Waals surface area contributed by atoms with Crippen LogP contribution in [0.3, 0.4) is 0 Å². The van der Waals surface area contributed by atoms with Crippen LogP contribution in [0, 0.1) is 11.8 Å². The maximum Gasteiger partial charge on any atom is 0.225 e. The highest BCUT2D eigenvalue weighted by Gasteiger charge is 2.29. The van der Waals surface area contributed by atoms with Gasteiger partial charge in [-0.15, -0.1) is 0 Å². The van der Waals surface area contributed by atoms with Crippen LogP contribution < -0.4 is 0 Å². The average molecular weight is 183 g/mol. The largest absolute Gasteiger partial charge is 0.340 e. The molecule has 0 saturated carbocycles. The number of carbonyl (C=O) groups is 1. The topological polar surface area (TPSA) is 20.3 Å². The Morgan fingerprint density at radius 2 is 2.00 bits per heavy atom. The molecule has 76 valence electrons. The highest BCUT2D eigenvalue weighted by atomic mass is 16.2. The van der Waals surface area contributed by atoms with Gasteiger partial charge in [0.1, 0.15) is 0 Å². The molecule has 2 unspecified atom stereocenters. The number of amides is 1. The summed E-state index contributed by atoms with van der Waals surface area (Å²) in [5, 5.41) is 0. The minimum atomic E-state index is 0.146. The molecule has 0 radical (unpaired) electrons. The summed E-state index contributed by atoms with van der Waals surface area (Å²) < 4.78 is 0. The van der Waals surface area contributed by atoms with Crippen LogP contribution in [-0.2, 0) is 4.79 Å². The number of likely N-dealkylation sites (tertiary alicyclic amines) is 1. The molecule has 0 aromatic carbocycles. The Morgan fingerprint density at radius 3 is 2.54 bits per heavy atom. The van der Waals surface area contributed by atoms with Crippen LogP contribution >= 0.6 is 0 Å². The second-order valence-corrected chi connectivity index (χ2v) is 4.55. The summed E-state index contributed by atoms with van der Waals surface area (Å²) in [5.41, 5.74) is 0. The molecule has 0 N–H and O–H groups in total. The van der Waals surface area contributed by atoms with Gasteiger partial charge in [0.15, 0.2) is 0 Å². The number of hydrogen-bond acceptors (Lipinski definition) is 1. The van der Waals surface area contributed by atoms with Gasteiger partial charge >= 0.3 is 0 Å². The molecule has 1 saturated heterocycles. The number of hydrogen-bond donors (Lipinski definition) is 0. The van der Waals surface area contributed by atoms with Crippen molar-refractivity contribution in [3.8, 4) is 0 Å². The third kappa shape index (κ3) is 2.23. The minimum absolute atomic E-state index is 0.146. The van der Waals surface area contributed by atoms with Crippen LogP contribution in [-0.4, -0.2) is 23.4 Å². The van der Waals surface area contributed by atoms with Gasteiger partial charge in [-0.1, -0.05) is 20.8 Å². The van der Waals surface area contributed by atoms with E-state index < -0.39 is 0 Å². The average Bonchev–Trinajstić information content (AvgIpc) is 2.08. The fraction of sp³-hybridized carbons (Fsp3) is 0.909. The van der Waals surface area contributed by atoms with Gasteiger partial charge in [-0.3, -0.25) is 4.79 Å². The van der Waals surface area contributed by atoms with Gasteiger partial charge in [0.25, 0.3) is 0 Å². The van der Waals surface area contributed by atoms with Crippen molar-refractivity contribution in [2.75, 3.05) is 6.54 Å². The molecular formula is C11H21NO. The van der Waals surface area contributed by atoms with E-state index in [2.05, 4.69) is 18.7 Å². The lowest BCUT2D eigenvalue weighted by Crippen LogP contribution is -2.47. The van der Waals surface area contributed by atoms with Crippen molar-refractivity contribution in [1.82, 2.24) is 4.90 Å². The van der Waals surface area contributed by atoms with E-state index in [1.165, 1.54) is 12.8 Å². The summed E-state index contributed by atoms with van der Waals surface area (Å²) in [7, 11) is 0. The molecule has 0 spiro atoms. The molecule has 2 nitrogen and oxygen atoms in total. The number of nitrogens with zero attached hydrogens (tertiary/aromatic N) is 1. The highest BCUT2D eigenvalue weighted by Crippen LogP contribution is 2.23. The lowest BCUT2D eigenvalue weighted by atomic mass is 9.91. The van der Waals surface area contributed by atoms with E-state index >= 15 is 0 Å². The Kier molecular flexibility index (Phi) is 3.34. The highest BCUT2D eigenvalue weighted by molar-refractivity contribution is 5.78.